The summed E-state index contributed by atoms with van der Waals surface area (Å²) >= 11 is 0. The van der Waals surface area contributed by atoms with Crippen LogP contribution in [0.4, 0.5) is 22.0 Å². The summed E-state index contributed by atoms with van der Waals surface area (Å²) in [5, 5.41) is 8.55. The molecule has 1 rings (SSSR count). The molecule has 1 aromatic rings. The average molecular weight is 241 g/mol. The molecule has 16 heavy (non-hydrogen) atoms. The van der Waals surface area contributed by atoms with Gasteiger partial charge in [0.2, 0.25) is 0 Å². The van der Waals surface area contributed by atoms with E-state index in [4.69, 9.17) is 5.11 Å². The third kappa shape index (κ3) is 3.34. The zero-order valence-electron chi connectivity index (χ0n) is 7.63. The van der Waals surface area contributed by atoms with Crippen LogP contribution in [-0.2, 0) is 6.18 Å². The second-order valence-electron chi connectivity index (χ2n) is 2.80. The van der Waals surface area contributed by atoms with Crippen molar-refractivity contribution in [2.45, 2.75) is 12.8 Å². The highest BCUT2D eigenvalue weighted by atomic mass is 19.4. The van der Waals surface area contributed by atoms with Crippen LogP contribution in [0.5, 0.6) is 5.75 Å². The molecule has 0 saturated heterocycles. The fourth-order valence-corrected chi connectivity index (χ4v) is 1.03. The molecule has 89 valence electrons. The molecule has 0 unspecified atom stereocenters. The molecule has 0 aliphatic heterocycles. The third-order valence-electron chi connectivity index (χ3n) is 1.63. The number of aliphatic hydroxyl groups is 1. The topological polar surface area (TPSA) is 29.5 Å². The molecule has 0 spiro atoms. The van der Waals surface area contributed by atoms with Crippen LogP contribution in [0.25, 0.3) is 0 Å². The number of hydrogen-bond acceptors (Lipinski definition) is 2. The maximum Gasteiger partial charge on any atom is 0.416 e. The predicted molar refractivity (Wildman–Crippen MR) is 43.4 cm³/mol. The minimum atomic E-state index is -4.70. The van der Waals surface area contributed by atoms with Gasteiger partial charge >= 0.3 is 12.8 Å². The lowest BCUT2D eigenvalue weighted by Crippen LogP contribution is -2.08. The van der Waals surface area contributed by atoms with E-state index in [0.717, 1.165) is 6.07 Å². The number of hydrogen-bond donors (Lipinski definition) is 1. The highest BCUT2D eigenvalue weighted by molar-refractivity contribution is 5.38. The van der Waals surface area contributed by atoms with Gasteiger partial charge in [0.25, 0.3) is 0 Å². The summed E-state index contributed by atoms with van der Waals surface area (Å²) in [6.45, 7) is -2.86. The number of halogens is 5. The third-order valence-corrected chi connectivity index (χ3v) is 1.63. The van der Waals surface area contributed by atoms with Crippen molar-refractivity contribution in [1.82, 2.24) is 0 Å². The van der Waals surface area contributed by atoms with E-state index in [0.29, 0.717) is 18.7 Å². The summed E-state index contributed by atoms with van der Waals surface area (Å²) in [6.07, 6.45) is -4.70. The molecular formula is C9H6F5O2. The van der Waals surface area contributed by atoms with Crippen LogP contribution in [0.15, 0.2) is 18.2 Å². The van der Waals surface area contributed by atoms with Crippen molar-refractivity contribution in [3.05, 3.63) is 35.9 Å². The number of aliphatic hydroxyl groups excluding tert-OH is 1. The molecule has 0 aromatic heterocycles. The Labute approximate surface area is 87.3 Å². The first-order valence-corrected chi connectivity index (χ1v) is 3.97. The molecular weight excluding hydrogens is 235 g/mol. The summed E-state index contributed by atoms with van der Waals surface area (Å²) in [4.78, 5) is 0. The zero-order valence-corrected chi connectivity index (χ0v) is 7.63. The quantitative estimate of drug-likeness (QED) is 0.823. The fraction of sp³-hybridized carbons (Fsp3) is 0.222. The maximum atomic E-state index is 12.3. The molecule has 7 heteroatoms. The van der Waals surface area contributed by atoms with Gasteiger partial charge in [-0.1, -0.05) is 0 Å². The lowest BCUT2D eigenvalue weighted by Gasteiger charge is -2.11. The van der Waals surface area contributed by atoms with E-state index in [9.17, 15) is 22.0 Å². The van der Waals surface area contributed by atoms with Crippen molar-refractivity contribution in [2.75, 3.05) is 0 Å². The van der Waals surface area contributed by atoms with E-state index in [1.54, 1.807) is 0 Å². The van der Waals surface area contributed by atoms with E-state index >= 15 is 0 Å². The molecule has 0 amide bonds. The minimum absolute atomic E-state index is 0.273. The summed E-state index contributed by atoms with van der Waals surface area (Å²) in [5.74, 6) is -0.662. The highest BCUT2D eigenvalue weighted by Gasteiger charge is 2.31. The summed E-state index contributed by atoms with van der Waals surface area (Å²) < 4.78 is 64.3. The summed E-state index contributed by atoms with van der Waals surface area (Å²) in [6, 6.07) is 1.90. The highest BCUT2D eigenvalue weighted by Crippen LogP contribution is 2.33. The molecule has 0 saturated carbocycles. The van der Waals surface area contributed by atoms with Crippen LogP contribution in [0, 0.1) is 6.61 Å². The normalized spacial score (nSPS) is 11.9. The van der Waals surface area contributed by atoms with Gasteiger partial charge in [-0.15, -0.1) is 0 Å². The van der Waals surface area contributed by atoms with E-state index in [1.807, 2.05) is 0 Å². The Balaban J connectivity index is 3.11. The second-order valence-corrected chi connectivity index (χ2v) is 2.80. The second kappa shape index (κ2) is 4.65. The van der Waals surface area contributed by atoms with Crippen LogP contribution < -0.4 is 4.74 Å². The Morgan fingerprint density at radius 2 is 1.81 bits per heavy atom. The number of benzene rings is 1. The fourth-order valence-electron chi connectivity index (χ4n) is 1.03. The molecule has 0 aliphatic rings. The molecule has 1 radical (unpaired) electrons. The monoisotopic (exact) mass is 241 g/mol. The molecule has 1 N–H and O–H groups in total. The van der Waals surface area contributed by atoms with E-state index in [2.05, 4.69) is 4.74 Å². The van der Waals surface area contributed by atoms with Crippen LogP contribution in [0.2, 0.25) is 0 Å². The molecule has 0 bridgehead atoms. The molecule has 0 atom stereocenters. The maximum absolute atomic E-state index is 12.3. The zero-order chi connectivity index (χ0) is 12.3. The van der Waals surface area contributed by atoms with Crippen LogP contribution >= 0.6 is 0 Å². The van der Waals surface area contributed by atoms with Crippen molar-refractivity contribution in [1.29, 1.82) is 0 Å². The Hall–Kier alpha value is -1.37. The van der Waals surface area contributed by atoms with Crippen molar-refractivity contribution in [3.63, 3.8) is 0 Å². The van der Waals surface area contributed by atoms with Gasteiger partial charge < -0.3 is 9.84 Å². The Morgan fingerprint density at radius 1 is 1.19 bits per heavy atom. The van der Waals surface area contributed by atoms with Gasteiger partial charge in [-0.3, -0.25) is 0 Å². The van der Waals surface area contributed by atoms with E-state index in [1.165, 1.54) is 0 Å². The summed E-state index contributed by atoms with van der Waals surface area (Å²) in [5.41, 5.74) is -1.45. The van der Waals surface area contributed by atoms with Gasteiger partial charge in [0.1, 0.15) is 12.4 Å². The van der Waals surface area contributed by atoms with Crippen molar-refractivity contribution in [3.8, 4) is 5.75 Å². The van der Waals surface area contributed by atoms with Gasteiger partial charge in [-0.25, -0.2) is 0 Å². The molecule has 0 aliphatic carbocycles. The van der Waals surface area contributed by atoms with E-state index < -0.39 is 24.1 Å². The SMILES string of the molecule is O[CH]c1cc(OC(F)F)cc(C(F)(F)F)c1. The van der Waals surface area contributed by atoms with Crippen molar-refractivity contribution >= 4 is 0 Å². The van der Waals surface area contributed by atoms with Crippen molar-refractivity contribution < 1.29 is 31.8 Å². The predicted octanol–water partition coefficient (Wildman–Crippen LogP) is 3.19. The smallest absolute Gasteiger partial charge is 0.416 e. The Morgan fingerprint density at radius 3 is 2.25 bits per heavy atom. The lowest BCUT2D eigenvalue weighted by atomic mass is 10.1. The first-order valence-electron chi connectivity index (χ1n) is 3.97. The van der Waals surface area contributed by atoms with Crippen LogP contribution in [0.1, 0.15) is 11.1 Å². The molecule has 0 fully saturated rings. The van der Waals surface area contributed by atoms with Gasteiger partial charge in [-0.05, 0) is 23.8 Å². The largest absolute Gasteiger partial charge is 0.435 e. The first-order chi connectivity index (χ1) is 7.32. The number of rotatable bonds is 3. The van der Waals surface area contributed by atoms with Crippen LogP contribution in [-0.4, -0.2) is 11.7 Å². The molecule has 1 aromatic carbocycles. The number of ether oxygens (including phenoxy) is 1. The standard InChI is InChI=1S/C9H6F5O2/c10-8(11)16-7-2-5(4-15)1-6(3-7)9(12,13)14/h1-4,8,15H. The lowest BCUT2D eigenvalue weighted by molar-refractivity contribution is -0.138. The molecule has 0 heterocycles. The van der Waals surface area contributed by atoms with Gasteiger partial charge in [0.05, 0.1) is 5.56 Å². The minimum Gasteiger partial charge on any atom is -0.435 e. The van der Waals surface area contributed by atoms with Gasteiger partial charge in [0, 0.05) is 0 Å². The van der Waals surface area contributed by atoms with Gasteiger partial charge in [0.15, 0.2) is 0 Å². The Bertz CT molecular complexity index is 361. The molecule has 2 nitrogen and oxygen atoms in total. The average Bonchev–Trinajstić information content (AvgIpc) is 2.14. The number of alkyl halides is 5. The van der Waals surface area contributed by atoms with Gasteiger partial charge in [-0.2, -0.15) is 22.0 Å². The first kappa shape index (κ1) is 12.7. The van der Waals surface area contributed by atoms with Crippen LogP contribution in [0.3, 0.4) is 0 Å². The summed E-state index contributed by atoms with van der Waals surface area (Å²) in [7, 11) is 0. The van der Waals surface area contributed by atoms with Crippen molar-refractivity contribution in [2.24, 2.45) is 0 Å². The Kier molecular flexibility index (Phi) is 3.69. The van der Waals surface area contributed by atoms with E-state index in [-0.39, 0.29) is 5.56 Å².